The maximum absolute atomic E-state index is 5.37. The lowest BCUT2D eigenvalue weighted by atomic mass is 10.4. The second-order valence-corrected chi connectivity index (χ2v) is 3.49. The molecule has 0 amide bonds. The Morgan fingerprint density at radius 3 is 0.917 bits per heavy atom. The van der Waals surface area contributed by atoms with Crippen LogP contribution in [0.15, 0.2) is 0 Å². The van der Waals surface area contributed by atoms with Gasteiger partial charge in [0.25, 0.3) is 0 Å². The van der Waals surface area contributed by atoms with Crippen molar-refractivity contribution < 1.29 is 0 Å². The van der Waals surface area contributed by atoms with Gasteiger partial charge in [-0.3, -0.25) is 11.7 Å². The molecule has 0 aromatic carbocycles. The Morgan fingerprint density at radius 1 is 0.583 bits per heavy atom. The Labute approximate surface area is 74.4 Å². The third-order valence-electron chi connectivity index (χ3n) is 2.28. The van der Waals surface area contributed by atoms with Gasteiger partial charge in [0.15, 0.2) is 0 Å². The van der Waals surface area contributed by atoms with E-state index in [9.17, 15) is 0 Å². The summed E-state index contributed by atoms with van der Waals surface area (Å²) in [6, 6.07) is 0. The second-order valence-electron chi connectivity index (χ2n) is 3.49. The molecule has 0 aliphatic carbocycles. The largest absolute Gasteiger partial charge is 0.269 e. The summed E-state index contributed by atoms with van der Waals surface area (Å²) < 4.78 is 0. The minimum Gasteiger partial charge on any atom is -0.269 e. The number of hydrogen-bond acceptors (Lipinski definition) is 4. The molecule has 2 rings (SSSR count). The number of nitrogens with zero attached hydrogens (tertiary/aromatic N) is 2. The first kappa shape index (κ1) is 9.92. The van der Waals surface area contributed by atoms with Gasteiger partial charge in [-0.1, -0.05) is 0 Å². The predicted molar refractivity (Wildman–Crippen MR) is 50.0 cm³/mol. The summed E-state index contributed by atoms with van der Waals surface area (Å²) in [4.78, 5) is 0. The molecule has 0 spiro atoms. The summed E-state index contributed by atoms with van der Waals surface area (Å²) in [7, 11) is 0. The molecule has 72 valence electrons. The molecule has 2 aliphatic rings. The van der Waals surface area contributed by atoms with Gasteiger partial charge >= 0.3 is 0 Å². The van der Waals surface area contributed by atoms with Gasteiger partial charge in [0, 0.05) is 26.2 Å². The highest BCUT2D eigenvalue weighted by Crippen LogP contribution is 2.00. The van der Waals surface area contributed by atoms with Crippen LogP contribution < -0.4 is 11.7 Å². The SMILES string of the molecule is NN1CCCC1.NN1CCCC1. The lowest BCUT2D eigenvalue weighted by Crippen LogP contribution is -2.26. The first-order valence-corrected chi connectivity index (χ1v) is 4.78. The van der Waals surface area contributed by atoms with Gasteiger partial charge in [0.05, 0.1) is 0 Å². The van der Waals surface area contributed by atoms with Gasteiger partial charge in [0.1, 0.15) is 0 Å². The van der Waals surface area contributed by atoms with Crippen LogP contribution in [0.1, 0.15) is 25.7 Å². The van der Waals surface area contributed by atoms with Crippen molar-refractivity contribution in [2.45, 2.75) is 25.7 Å². The molecular weight excluding hydrogens is 152 g/mol. The van der Waals surface area contributed by atoms with Gasteiger partial charge in [-0.2, -0.15) is 0 Å². The van der Waals surface area contributed by atoms with Crippen molar-refractivity contribution in [2.24, 2.45) is 11.7 Å². The first-order valence-electron chi connectivity index (χ1n) is 4.78. The van der Waals surface area contributed by atoms with E-state index < -0.39 is 0 Å². The van der Waals surface area contributed by atoms with Gasteiger partial charge < -0.3 is 0 Å². The summed E-state index contributed by atoms with van der Waals surface area (Å²) in [5, 5.41) is 3.72. The fourth-order valence-electron chi connectivity index (χ4n) is 1.48. The maximum atomic E-state index is 5.37. The molecule has 2 aliphatic heterocycles. The van der Waals surface area contributed by atoms with Crippen LogP contribution in [0, 0.1) is 0 Å². The third kappa shape index (κ3) is 4.01. The van der Waals surface area contributed by atoms with Crippen LogP contribution in [0.3, 0.4) is 0 Å². The van der Waals surface area contributed by atoms with Crippen LogP contribution >= 0.6 is 0 Å². The highest BCUT2D eigenvalue weighted by atomic mass is 15.4. The molecule has 2 fully saturated rings. The van der Waals surface area contributed by atoms with E-state index in [-0.39, 0.29) is 0 Å². The summed E-state index contributed by atoms with van der Waals surface area (Å²) >= 11 is 0. The van der Waals surface area contributed by atoms with Crippen molar-refractivity contribution in [1.29, 1.82) is 0 Å². The highest BCUT2D eigenvalue weighted by molar-refractivity contribution is 4.57. The molecule has 4 heteroatoms. The van der Waals surface area contributed by atoms with Crippen LogP contribution in [0.5, 0.6) is 0 Å². The van der Waals surface area contributed by atoms with Gasteiger partial charge in [-0.15, -0.1) is 0 Å². The zero-order chi connectivity index (χ0) is 8.81. The Balaban J connectivity index is 0.000000120. The van der Waals surface area contributed by atoms with E-state index in [4.69, 9.17) is 11.7 Å². The van der Waals surface area contributed by atoms with Crippen molar-refractivity contribution in [3.8, 4) is 0 Å². The number of hydrazine groups is 2. The fourth-order valence-corrected chi connectivity index (χ4v) is 1.48. The zero-order valence-corrected chi connectivity index (χ0v) is 7.71. The Morgan fingerprint density at radius 2 is 0.833 bits per heavy atom. The molecule has 4 nitrogen and oxygen atoms in total. The van der Waals surface area contributed by atoms with Gasteiger partial charge in [0.2, 0.25) is 0 Å². The molecule has 2 heterocycles. The van der Waals surface area contributed by atoms with E-state index in [2.05, 4.69) is 0 Å². The minimum absolute atomic E-state index is 1.10. The van der Waals surface area contributed by atoms with Crippen molar-refractivity contribution in [3.63, 3.8) is 0 Å². The predicted octanol–water partition coefficient (Wildman–Crippen LogP) is -0.0882. The van der Waals surface area contributed by atoms with E-state index in [1.54, 1.807) is 0 Å². The van der Waals surface area contributed by atoms with Crippen LogP contribution in [-0.4, -0.2) is 36.2 Å². The molecular formula is C8H20N4. The zero-order valence-electron chi connectivity index (χ0n) is 7.71. The number of nitrogens with two attached hydrogens (primary N) is 2. The average Bonchev–Trinajstić information content (AvgIpc) is 2.63. The molecule has 12 heavy (non-hydrogen) atoms. The average molecular weight is 172 g/mol. The molecule has 2 saturated heterocycles. The van der Waals surface area contributed by atoms with E-state index in [1.807, 2.05) is 10.0 Å². The second kappa shape index (κ2) is 5.48. The van der Waals surface area contributed by atoms with E-state index in [1.165, 1.54) is 25.7 Å². The van der Waals surface area contributed by atoms with Gasteiger partial charge in [-0.25, -0.2) is 10.0 Å². The minimum atomic E-state index is 1.10. The molecule has 0 unspecified atom stereocenters. The summed E-state index contributed by atoms with van der Waals surface area (Å²) in [5.41, 5.74) is 0. The number of rotatable bonds is 0. The van der Waals surface area contributed by atoms with Crippen LogP contribution in [0.25, 0.3) is 0 Å². The standard InChI is InChI=1S/2C4H10N2/c2*5-6-3-1-2-4-6/h2*1-5H2. The van der Waals surface area contributed by atoms with Crippen molar-refractivity contribution in [1.82, 2.24) is 10.0 Å². The van der Waals surface area contributed by atoms with E-state index >= 15 is 0 Å². The Hall–Kier alpha value is -0.160. The van der Waals surface area contributed by atoms with Crippen molar-refractivity contribution in [3.05, 3.63) is 0 Å². The fraction of sp³-hybridized carbons (Fsp3) is 1.00. The van der Waals surface area contributed by atoms with Crippen LogP contribution in [-0.2, 0) is 0 Å². The summed E-state index contributed by atoms with van der Waals surface area (Å²) in [6.45, 7) is 4.39. The Bertz CT molecular complexity index is 91.6. The lowest BCUT2D eigenvalue weighted by molar-refractivity contribution is 0.355. The maximum Gasteiger partial charge on any atom is 0.0129 e. The third-order valence-corrected chi connectivity index (χ3v) is 2.28. The normalized spacial score (nSPS) is 25.5. The Kier molecular flexibility index (Phi) is 4.53. The van der Waals surface area contributed by atoms with E-state index in [0.717, 1.165) is 26.2 Å². The summed E-state index contributed by atoms with van der Waals surface area (Å²) in [5.74, 6) is 10.7. The van der Waals surface area contributed by atoms with Gasteiger partial charge in [-0.05, 0) is 25.7 Å². The monoisotopic (exact) mass is 172 g/mol. The molecule has 0 bridgehead atoms. The smallest absolute Gasteiger partial charge is 0.0129 e. The van der Waals surface area contributed by atoms with Crippen LogP contribution in [0.4, 0.5) is 0 Å². The van der Waals surface area contributed by atoms with Crippen molar-refractivity contribution >= 4 is 0 Å². The first-order chi connectivity index (χ1) is 5.79. The topological polar surface area (TPSA) is 58.5 Å². The lowest BCUT2D eigenvalue weighted by Gasteiger charge is -2.01. The molecule has 0 aromatic heterocycles. The summed E-state index contributed by atoms with van der Waals surface area (Å²) in [6.07, 6.45) is 5.15. The molecule has 0 saturated carbocycles. The van der Waals surface area contributed by atoms with Crippen molar-refractivity contribution in [2.75, 3.05) is 26.2 Å². The molecule has 0 aromatic rings. The van der Waals surface area contributed by atoms with Crippen LogP contribution in [0.2, 0.25) is 0 Å². The quantitative estimate of drug-likeness (QED) is 0.501. The molecule has 4 N–H and O–H groups in total. The number of hydrogen-bond donors (Lipinski definition) is 2. The molecule has 0 atom stereocenters. The highest BCUT2D eigenvalue weighted by Gasteiger charge is 2.04. The molecule has 0 radical (unpaired) electrons. The van der Waals surface area contributed by atoms with E-state index in [0.29, 0.717) is 0 Å².